The molecule has 1 amide bonds. The number of carbonyl (C=O) groups excluding carboxylic acids is 1. The number of halogens is 1. The quantitative estimate of drug-likeness (QED) is 0.346. The summed E-state index contributed by atoms with van der Waals surface area (Å²) in [5.74, 6) is 1.36. The van der Waals surface area contributed by atoms with Gasteiger partial charge in [-0.25, -0.2) is 14.8 Å². The van der Waals surface area contributed by atoms with Crippen LogP contribution in [0.1, 0.15) is 29.7 Å². The average Bonchev–Trinajstić information content (AvgIpc) is 3.64. The second-order valence-corrected chi connectivity index (χ2v) is 9.06. The molecule has 1 aromatic carbocycles. The third kappa shape index (κ3) is 4.18. The van der Waals surface area contributed by atoms with Gasteiger partial charge in [0, 0.05) is 18.1 Å². The van der Waals surface area contributed by atoms with Crippen LogP contribution in [-0.2, 0) is 6.42 Å². The van der Waals surface area contributed by atoms with Gasteiger partial charge in [0.2, 0.25) is 0 Å². The first kappa shape index (κ1) is 23.5. The van der Waals surface area contributed by atoms with E-state index >= 15 is 0 Å². The largest absolute Gasteiger partial charge is 0.410 e. The van der Waals surface area contributed by atoms with Crippen LogP contribution in [0, 0.1) is 6.92 Å². The molecule has 1 atom stereocenters. The van der Waals surface area contributed by atoms with Gasteiger partial charge in [-0.15, -0.1) is 5.10 Å². The Morgan fingerprint density at radius 1 is 1.18 bits per heavy atom. The number of nitrogens with two attached hydrogens (primary N) is 1. The fourth-order valence-corrected chi connectivity index (χ4v) is 4.80. The summed E-state index contributed by atoms with van der Waals surface area (Å²) in [5, 5.41) is 11.7. The van der Waals surface area contributed by atoms with Gasteiger partial charge in [-0.1, -0.05) is 23.2 Å². The molecule has 38 heavy (non-hydrogen) atoms. The van der Waals surface area contributed by atoms with Crippen molar-refractivity contribution < 1.29 is 9.53 Å². The van der Waals surface area contributed by atoms with Crippen molar-refractivity contribution in [2.75, 3.05) is 0 Å². The van der Waals surface area contributed by atoms with E-state index in [0.717, 1.165) is 11.1 Å². The fraction of sp³-hybridized carbons (Fsp3) is 0.167. The van der Waals surface area contributed by atoms with Crippen molar-refractivity contribution in [2.45, 2.75) is 25.8 Å². The summed E-state index contributed by atoms with van der Waals surface area (Å²) in [6.07, 6.45) is 3.10. The summed E-state index contributed by atoms with van der Waals surface area (Å²) in [7, 11) is 0. The molecule has 0 unspecified atom stereocenters. The molecule has 13 nitrogen and oxygen atoms in total. The number of benzene rings is 1. The predicted molar refractivity (Wildman–Crippen MR) is 135 cm³/mol. The first-order valence-electron chi connectivity index (χ1n) is 11.5. The number of aromatic amines is 1. The van der Waals surface area contributed by atoms with Crippen LogP contribution in [0.2, 0.25) is 5.15 Å². The van der Waals surface area contributed by atoms with Gasteiger partial charge in [0.15, 0.2) is 5.75 Å². The number of pyridine rings is 1. The molecule has 5 aromatic rings. The number of tetrazole rings is 1. The maximum Gasteiger partial charge on any atom is 0.410 e. The predicted octanol–water partition coefficient (Wildman–Crippen LogP) is 2.63. The molecule has 0 spiro atoms. The van der Waals surface area contributed by atoms with Crippen molar-refractivity contribution >= 4 is 17.7 Å². The van der Waals surface area contributed by atoms with Crippen molar-refractivity contribution in [3.8, 4) is 34.1 Å². The second-order valence-electron chi connectivity index (χ2n) is 8.68. The van der Waals surface area contributed by atoms with Gasteiger partial charge in [0.25, 0.3) is 5.56 Å². The summed E-state index contributed by atoms with van der Waals surface area (Å²) in [4.78, 5) is 41.1. The third-order valence-electron chi connectivity index (χ3n) is 6.19. The number of ether oxygens (including phenoxy) is 1. The van der Waals surface area contributed by atoms with Crippen LogP contribution >= 0.6 is 11.6 Å². The molecule has 0 bridgehead atoms. The number of carbonyl (C=O) groups is 1. The van der Waals surface area contributed by atoms with Crippen LogP contribution in [0.15, 0.2) is 53.7 Å². The average molecular weight is 531 g/mol. The van der Waals surface area contributed by atoms with Crippen LogP contribution in [0.3, 0.4) is 0 Å². The maximum absolute atomic E-state index is 13.4. The van der Waals surface area contributed by atoms with Crippen molar-refractivity contribution in [1.82, 2.24) is 44.7 Å². The highest BCUT2D eigenvalue weighted by Gasteiger charge is 2.30. The van der Waals surface area contributed by atoms with Gasteiger partial charge in [0.05, 0.1) is 29.3 Å². The van der Waals surface area contributed by atoms with Gasteiger partial charge in [-0.05, 0) is 48.0 Å². The van der Waals surface area contributed by atoms with Crippen LogP contribution in [-0.4, -0.2) is 50.8 Å². The second kappa shape index (κ2) is 9.19. The molecule has 6 rings (SSSR count). The zero-order chi connectivity index (χ0) is 26.4. The number of imidazole rings is 1. The molecule has 0 saturated carbocycles. The third-order valence-corrected chi connectivity index (χ3v) is 6.47. The van der Waals surface area contributed by atoms with E-state index in [2.05, 4.69) is 30.5 Å². The lowest BCUT2D eigenvalue weighted by Crippen LogP contribution is -2.25. The number of nitrogens with zero attached hydrogens (tertiary/aromatic N) is 8. The first-order valence-corrected chi connectivity index (χ1v) is 11.9. The van der Waals surface area contributed by atoms with E-state index in [-0.39, 0.29) is 22.5 Å². The molecule has 1 aliphatic heterocycles. The maximum atomic E-state index is 13.4. The standard InChI is InChI=1S/C24H19ClN10O3/c1-12-2-5-17(34-11-28-32-33-34)14(8-12)16-9-20(36)35-18(6-7-19(35)29-16)23-30-21(22(25)31-23)15-4-3-13(10-27-15)38-24(26)37/h2-5,8-11,18H,6-7H2,1H3,(H2,26,37)(H,30,31)/t18-/m0/s1. The Balaban J connectivity index is 1.35. The minimum absolute atomic E-state index is 0.197. The van der Waals surface area contributed by atoms with Crippen LogP contribution in [0.5, 0.6) is 5.75 Å². The monoisotopic (exact) mass is 530 g/mol. The van der Waals surface area contributed by atoms with E-state index in [1.807, 2.05) is 25.1 Å². The van der Waals surface area contributed by atoms with Gasteiger partial charge < -0.3 is 15.5 Å². The lowest BCUT2D eigenvalue weighted by Gasteiger charge is -2.14. The summed E-state index contributed by atoms with van der Waals surface area (Å²) < 4.78 is 7.98. The normalized spacial score (nSPS) is 14.4. The van der Waals surface area contributed by atoms with Crippen molar-refractivity contribution in [3.05, 3.63) is 81.6 Å². The van der Waals surface area contributed by atoms with E-state index in [1.54, 1.807) is 10.6 Å². The van der Waals surface area contributed by atoms with E-state index in [1.165, 1.54) is 29.3 Å². The smallest absolute Gasteiger partial charge is 0.409 e. The minimum atomic E-state index is -0.934. The minimum Gasteiger partial charge on any atom is -0.409 e. The molecule has 0 fully saturated rings. The number of aromatic nitrogens is 9. The number of H-pyrrole nitrogens is 1. The molecule has 14 heteroatoms. The van der Waals surface area contributed by atoms with E-state index in [9.17, 15) is 9.59 Å². The van der Waals surface area contributed by atoms with E-state index in [4.69, 9.17) is 27.1 Å². The van der Waals surface area contributed by atoms with Crippen LogP contribution < -0.4 is 16.0 Å². The van der Waals surface area contributed by atoms with Crippen molar-refractivity contribution in [2.24, 2.45) is 5.73 Å². The highest BCUT2D eigenvalue weighted by molar-refractivity contribution is 6.31. The SMILES string of the molecule is Cc1ccc(-n2cnnn2)c(-c2cc(=O)n3c(n2)CC[C@H]3c2nc(-c3ccc(OC(N)=O)cn3)c(Cl)[nH]2)c1. The van der Waals surface area contributed by atoms with Gasteiger partial charge in [-0.3, -0.25) is 14.3 Å². The Morgan fingerprint density at radius 2 is 2.05 bits per heavy atom. The number of amides is 1. The highest BCUT2D eigenvalue weighted by Crippen LogP contribution is 2.34. The van der Waals surface area contributed by atoms with E-state index in [0.29, 0.717) is 47.3 Å². The Hall–Kier alpha value is -4.91. The zero-order valence-electron chi connectivity index (χ0n) is 19.9. The van der Waals surface area contributed by atoms with E-state index < -0.39 is 6.09 Å². The number of primary amides is 1. The molecule has 4 aromatic heterocycles. The lowest BCUT2D eigenvalue weighted by atomic mass is 10.1. The topological polar surface area (TPSA) is 172 Å². The Morgan fingerprint density at radius 3 is 2.79 bits per heavy atom. The molecule has 1 aliphatic rings. The molecule has 0 radical (unpaired) electrons. The van der Waals surface area contributed by atoms with Gasteiger partial charge in [0.1, 0.15) is 28.8 Å². The molecular weight excluding hydrogens is 512 g/mol. The summed E-state index contributed by atoms with van der Waals surface area (Å²) in [6, 6.07) is 10.1. The van der Waals surface area contributed by atoms with Crippen molar-refractivity contribution in [1.29, 1.82) is 0 Å². The van der Waals surface area contributed by atoms with Gasteiger partial charge in [-0.2, -0.15) is 4.68 Å². The molecule has 190 valence electrons. The number of fused-ring (bicyclic) bond motifs is 1. The first-order chi connectivity index (χ1) is 18.4. The number of aryl methyl sites for hydroxylation is 2. The molecule has 0 saturated heterocycles. The lowest BCUT2D eigenvalue weighted by molar-refractivity contribution is 0.210. The number of hydrogen-bond acceptors (Lipinski definition) is 9. The van der Waals surface area contributed by atoms with Crippen LogP contribution in [0.4, 0.5) is 4.79 Å². The molecule has 0 aliphatic carbocycles. The highest BCUT2D eigenvalue weighted by atomic mass is 35.5. The number of rotatable bonds is 5. The molecular formula is C24H19ClN10O3. The fourth-order valence-electron chi connectivity index (χ4n) is 4.56. The Labute approximate surface area is 219 Å². The Bertz CT molecular complexity index is 1730. The summed E-state index contributed by atoms with van der Waals surface area (Å²) in [6.45, 7) is 1.97. The number of hydrogen-bond donors (Lipinski definition) is 2. The Kier molecular flexibility index (Phi) is 5.68. The molecule has 3 N–H and O–H groups in total. The van der Waals surface area contributed by atoms with Crippen LogP contribution in [0.25, 0.3) is 28.3 Å². The summed E-state index contributed by atoms with van der Waals surface area (Å²) >= 11 is 6.45. The zero-order valence-corrected chi connectivity index (χ0v) is 20.6. The summed E-state index contributed by atoms with van der Waals surface area (Å²) in [5.41, 5.74) is 8.70. The number of nitrogens with one attached hydrogen (secondary N) is 1. The molecule has 5 heterocycles. The van der Waals surface area contributed by atoms with Crippen molar-refractivity contribution in [3.63, 3.8) is 0 Å². The van der Waals surface area contributed by atoms with Gasteiger partial charge >= 0.3 is 6.09 Å².